The first kappa shape index (κ1) is 14.4. The Morgan fingerprint density at radius 1 is 1.26 bits per heavy atom. The van der Waals surface area contributed by atoms with Gasteiger partial charge in [0.1, 0.15) is 12.3 Å². The molecular weight excluding hydrogens is 286 g/mol. The third-order valence-corrected chi connectivity index (χ3v) is 5.05. The van der Waals surface area contributed by atoms with E-state index in [1.54, 1.807) is 6.20 Å². The smallest absolute Gasteiger partial charge is 0.237 e. The van der Waals surface area contributed by atoms with E-state index in [9.17, 15) is 0 Å². The van der Waals surface area contributed by atoms with Crippen LogP contribution in [0.2, 0.25) is 0 Å². The first-order chi connectivity index (χ1) is 11.3. The Hall–Kier alpha value is -2.23. The maximum atomic E-state index is 5.91. The fourth-order valence-electron chi connectivity index (χ4n) is 3.82. The highest BCUT2D eigenvalue weighted by Gasteiger charge is 2.33. The Balaban J connectivity index is 1.69. The van der Waals surface area contributed by atoms with Gasteiger partial charge < -0.3 is 14.5 Å². The average molecular weight is 309 g/mol. The van der Waals surface area contributed by atoms with Crippen LogP contribution >= 0.6 is 0 Å². The number of nitrogens with zero attached hydrogens (tertiary/aromatic N) is 3. The van der Waals surface area contributed by atoms with Gasteiger partial charge in [0.05, 0.1) is 6.04 Å². The van der Waals surface area contributed by atoms with Crippen LogP contribution in [-0.2, 0) is 6.42 Å². The summed E-state index contributed by atoms with van der Waals surface area (Å²) in [4.78, 5) is 9.21. The predicted molar refractivity (Wildman–Crippen MR) is 93.5 cm³/mol. The molecule has 0 amide bonds. The molecule has 0 bridgehead atoms. The van der Waals surface area contributed by atoms with Gasteiger partial charge in [0.25, 0.3) is 0 Å². The summed E-state index contributed by atoms with van der Waals surface area (Å²) in [7, 11) is 0. The van der Waals surface area contributed by atoms with Gasteiger partial charge in [0.2, 0.25) is 5.88 Å². The van der Waals surface area contributed by atoms with Crippen LogP contribution in [0.4, 0.5) is 11.4 Å². The minimum atomic E-state index is 0.307. The standard InChI is InChI=1S/C19H23N3O/c1-3-21(4-2)15-7-8-16-14(12-15)9-11-22-17-6-5-10-20-19(17)23-13-18(16)22/h5-8,10,12,18H,3-4,9,11,13H2,1-2H3. The van der Waals surface area contributed by atoms with Crippen molar-refractivity contribution in [3.8, 4) is 5.88 Å². The lowest BCUT2D eigenvalue weighted by atomic mass is 9.91. The molecular formula is C19H23N3O. The SMILES string of the molecule is CCN(CC)c1ccc2c(c1)CCN1c3cccnc3OCC21. The zero-order chi connectivity index (χ0) is 15.8. The van der Waals surface area contributed by atoms with E-state index < -0.39 is 0 Å². The van der Waals surface area contributed by atoms with Crippen LogP contribution < -0.4 is 14.5 Å². The number of ether oxygens (including phenoxy) is 1. The molecule has 1 atom stereocenters. The topological polar surface area (TPSA) is 28.6 Å². The molecule has 0 fully saturated rings. The van der Waals surface area contributed by atoms with Crippen LogP contribution in [-0.4, -0.2) is 31.2 Å². The summed E-state index contributed by atoms with van der Waals surface area (Å²) in [5.41, 5.74) is 5.33. The number of hydrogen-bond donors (Lipinski definition) is 0. The van der Waals surface area contributed by atoms with E-state index in [0.717, 1.165) is 37.6 Å². The van der Waals surface area contributed by atoms with Crippen molar-refractivity contribution in [1.82, 2.24) is 4.98 Å². The summed E-state index contributed by atoms with van der Waals surface area (Å²) < 4.78 is 5.91. The number of anilines is 2. The minimum Gasteiger partial charge on any atom is -0.474 e. The van der Waals surface area contributed by atoms with Crippen LogP contribution in [0.15, 0.2) is 36.5 Å². The highest BCUT2D eigenvalue weighted by Crippen LogP contribution is 2.41. The van der Waals surface area contributed by atoms with Gasteiger partial charge in [-0.05, 0) is 55.7 Å². The molecule has 0 saturated carbocycles. The fraction of sp³-hybridized carbons (Fsp3) is 0.421. The monoisotopic (exact) mass is 309 g/mol. The Kier molecular flexibility index (Phi) is 3.60. The molecule has 0 N–H and O–H groups in total. The van der Waals surface area contributed by atoms with Crippen molar-refractivity contribution in [2.24, 2.45) is 0 Å². The molecule has 3 heterocycles. The van der Waals surface area contributed by atoms with Gasteiger partial charge >= 0.3 is 0 Å². The highest BCUT2D eigenvalue weighted by molar-refractivity contribution is 5.62. The van der Waals surface area contributed by atoms with Crippen molar-refractivity contribution in [1.29, 1.82) is 0 Å². The molecule has 1 aromatic heterocycles. The van der Waals surface area contributed by atoms with Crippen molar-refractivity contribution in [3.05, 3.63) is 47.7 Å². The fourth-order valence-corrected chi connectivity index (χ4v) is 3.82. The lowest BCUT2D eigenvalue weighted by Gasteiger charge is -2.42. The molecule has 0 aliphatic carbocycles. The van der Waals surface area contributed by atoms with Gasteiger partial charge in [-0.3, -0.25) is 0 Å². The van der Waals surface area contributed by atoms with E-state index in [0.29, 0.717) is 12.6 Å². The molecule has 120 valence electrons. The van der Waals surface area contributed by atoms with Gasteiger partial charge in [-0.15, -0.1) is 0 Å². The Morgan fingerprint density at radius 2 is 2.13 bits per heavy atom. The van der Waals surface area contributed by atoms with Crippen molar-refractivity contribution in [2.75, 3.05) is 36.0 Å². The summed E-state index contributed by atoms with van der Waals surface area (Å²) >= 11 is 0. The molecule has 2 aromatic rings. The zero-order valence-corrected chi connectivity index (χ0v) is 13.8. The summed E-state index contributed by atoms with van der Waals surface area (Å²) in [6.07, 6.45) is 2.88. The van der Waals surface area contributed by atoms with Crippen LogP contribution in [0.25, 0.3) is 0 Å². The van der Waals surface area contributed by atoms with Gasteiger partial charge in [-0.1, -0.05) is 6.07 Å². The van der Waals surface area contributed by atoms with E-state index >= 15 is 0 Å². The molecule has 0 radical (unpaired) electrons. The number of pyridine rings is 1. The number of rotatable bonds is 3. The van der Waals surface area contributed by atoms with E-state index in [2.05, 4.69) is 52.9 Å². The maximum Gasteiger partial charge on any atom is 0.237 e. The highest BCUT2D eigenvalue weighted by atomic mass is 16.5. The van der Waals surface area contributed by atoms with Crippen LogP contribution in [0.3, 0.4) is 0 Å². The van der Waals surface area contributed by atoms with Gasteiger partial charge in [0, 0.05) is 31.5 Å². The molecule has 23 heavy (non-hydrogen) atoms. The number of fused-ring (bicyclic) bond motifs is 5. The predicted octanol–water partition coefficient (Wildman–Crippen LogP) is 3.42. The summed E-state index contributed by atoms with van der Waals surface area (Å²) in [5, 5.41) is 0. The lowest BCUT2D eigenvalue weighted by molar-refractivity contribution is 0.249. The van der Waals surface area contributed by atoms with Gasteiger partial charge in [-0.25, -0.2) is 4.98 Å². The van der Waals surface area contributed by atoms with Crippen molar-refractivity contribution in [3.63, 3.8) is 0 Å². The first-order valence-electron chi connectivity index (χ1n) is 8.54. The minimum absolute atomic E-state index is 0.307. The number of hydrogen-bond acceptors (Lipinski definition) is 4. The number of aromatic nitrogens is 1. The van der Waals surface area contributed by atoms with Crippen molar-refractivity contribution < 1.29 is 4.74 Å². The zero-order valence-electron chi connectivity index (χ0n) is 13.8. The molecule has 4 heteroatoms. The summed E-state index contributed by atoms with van der Waals surface area (Å²) in [6.45, 7) is 8.23. The second kappa shape index (κ2) is 5.76. The third kappa shape index (κ3) is 2.33. The van der Waals surface area contributed by atoms with Crippen LogP contribution in [0, 0.1) is 0 Å². The lowest BCUT2D eigenvalue weighted by Crippen LogP contribution is -2.41. The molecule has 1 aromatic carbocycles. The summed E-state index contributed by atoms with van der Waals surface area (Å²) in [5.74, 6) is 0.770. The molecule has 4 rings (SSSR count). The Labute approximate surface area is 137 Å². The third-order valence-electron chi connectivity index (χ3n) is 5.05. The largest absolute Gasteiger partial charge is 0.474 e. The maximum absolute atomic E-state index is 5.91. The quantitative estimate of drug-likeness (QED) is 0.868. The Morgan fingerprint density at radius 3 is 2.96 bits per heavy atom. The second-order valence-electron chi connectivity index (χ2n) is 6.15. The average Bonchev–Trinajstić information content (AvgIpc) is 2.62. The van der Waals surface area contributed by atoms with E-state index in [1.807, 2.05) is 6.07 Å². The van der Waals surface area contributed by atoms with E-state index in [4.69, 9.17) is 4.74 Å². The molecule has 0 spiro atoms. The molecule has 4 nitrogen and oxygen atoms in total. The van der Waals surface area contributed by atoms with E-state index in [-0.39, 0.29) is 0 Å². The van der Waals surface area contributed by atoms with E-state index in [1.165, 1.54) is 16.8 Å². The number of benzene rings is 1. The normalized spacial score (nSPS) is 18.5. The second-order valence-corrected chi connectivity index (χ2v) is 6.15. The first-order valence-corrected chi connectivity index (χ1v) is 8.54. The Bertz CT molecular complexity index is 712. The van der Waals surface area contributed by atoms with Crippen LogP contribution in [0.1, 0.15) is 31.0 Å². The molecule has 1 unspecified atom stereocenters. The molecule has 0 saturated heterocycles. The van der Waals surface area contributed by atoms with Gasteiger partial charge in [-0.2, -0.15) is 0 Å². The summed E-state index contributed by atoms with van der Waals surface area (Å²) in [6, 6.07) is 11.3. The van der Waals surface area contributed by atoms with Crippen molar-refractivity contribution >= 4 is 11.4 Å². The molecule has 2 aliphatic heterocycles. The van der Waals surface area contributed by atoms with Gasteiger partial charge in [0.15, 0.2) is 0 Å². The molecule has 2 aliphatic rings. The van der Waals surface area contributed by atoms with Crippen molar-refractivity contribution in [2.45, 2.75) is 26.3 Å². The van der Waals surface area contributed by atoms with Crippen LogP contribution in [0.5, 0.6) is 5.88 Å².